The van der Waals surface area contributed by atoms with Crippen LogP contribution in [0.25, 0.3) is 0 Å². The van der Waals surface area contributed by atoms with Gasteiger partial charge in [0.15, 0.2) is 0 Å². The fourth-order valence-corrected chi connectivity index (χ4v) is 1.43. The van der Waals surface area contributed by atoms with Crippen LogP contribution in [0.1, 0.15) is 29.8 Å². The first kappa shape index (κ1) is 9.92. The van der Waals surface area contributed by atoms with Crippen LogP contribution in [0.15, 0.2) is 18.6 Å². The van der Waals surface area contributed by atoms with Gasteiger partial charge in [-0.1, -0.05) is 0 Å². The molecular weight excluding hydrogens is 190 g/mol. The van der Waals surface area contributed by atoms with Crippen molar-refractivity contribution in [3.8, 4) is 0 Å². The second-order valence-electron chi connectivity index (χ2n) is 3.65. The van der Waals surface area contributed by atoms with E-state index in [1.165, 1.54) is 5.56 Å². The summed E-state index contributed by atoms with van der Waals surface area (Å²) in [6.07, 6.45) is 5.59. The molecule has 1 unspecified atom stereocenters. The average molecular weight is 205 g/mol. The third-order valence-corrected chi connectivity index (χ3v) is 2.55. The zero-order valence-electron chi connectivity index (χ0n) is 8.91. The highest BCUT2D eigenvalue weighted by Crippen LogP contribution is 2.11. The van der Waals surface area contributed by atoms with Gasteiger partial charge < -0.3 is 5.32 Å². The monoisotopic (exact) mass is 205 g/mol. The van der Waals surface area contributed by atoms with Crippen LogP contribution in [0.4, 0.5) is 0 Å². The lowest BCUT2D eigenvalue weighted by Crippen LogP contribution is -2.17. The Morgan fingerprint density at radius 2 is 2.27 bits per heavy atom. The van der Waals surface area contributed by atoms with Crippen LogP contribution >= 0.6 is 0 Å². The van der Waals surface area contributed by atoms with Crippen LogP contribution < -0.4 is 5.32 Å². The number of hydrogen-bond acceptors (Lipinski definition) is 3. The van der Waals surface area contributed by atoms with Gasteiger partial charge in [0, 0.05) is 35.6 Å². The fourth-order valence-electron chi connectivity index (χ4n) is 1.43. The molecule has 0 saturated carbocycles. The molecule has 5 heteroatoms. The predicted octanol–water partition coefficient (Wildman–Crippen LogP) is 1.29. The first-order valence-electron chi connectivity index (χ1n) is 4.98. The number of nitrogens with zero attached hydrogens (tertiary/aromatic N) is 2. The molecule has 0 radical (unpaired) electrons. The zero-order valence-corrected chi connectivity index (χ0v) is 8.91. The SMILES string of the molecule is Cc1[nH]ncc1CNC(C)c1cn[nH]c1. The van der Waals surface area contributed by atoms with Crippen molar-refractivity contribution in [1.82, 2.24) is 25.7 Å². The topological polar surface area (TPSA) is 69.4 Å². The summed E-state index contributed by atoms with van der Waals surface area (Å²) in [6, 6.07) is 0.290. The molecule has 80 valence electrons. The van der Waals surface area contributed by atoms with Crippen LogP contribution in [-0.4, -0.2) is 20.4 Å². The normalized spacial score (nSPS) is 12.9. The average Bonchev–Trinajstić information content (AvgIpc) is 2.85. The number of aromatic nitrogens is 4. The molecule has 2 aromatic heterocycles. The molecule has 2 aromatic rings. The van der Waals surface area contributed by atoms with E-state index in [0.717, 1.165) is 17.8 Å². The van der Waals surface area contributed by atoms with E-state index in [4.69, 9.17) is 0 Å². The molecule has 0 amide bonds. The largest absolute Gasteiger partial charge is 0.306 e. The van der Waals surface area contributed by atoms with Crippen molar-refractivity contribution in [2.24, 2.45) is 0 Å². The Balaban J connectivity index is 1.91. The maximum absolute atomic E-state index is 3.98. The van der Waals surface area contributed by atoms with Gasteiger partial charge in [0.1, 0.15) is 0 Å². The summed E-state index contributed by atoms with van der Waals surface area (Å²) < 4.78 is 0. The van der Waals surface area contributed by atoms with Crippen molar-refractivity contribution >= 4 is 0 Å². The van der Waals surface area contributed by atoms with Crippen molar-refractivity contribution in [1.29, 1.82) is 0 Å². The minimum absolute atomic E-state index is 0.290. The highest BCUT2D eigenvalue weighted by molar-refractivity contribution is 5.15. The summed E-state index contributed by atoms with van der Waals surface area (Å²) in [5, 5.41) is 17.0. The third-order valence-electron chi connectivity index (χ3n) is 2.55. The van der Waals surface area contributed by atoms with Crippen LogP contribution in [0.3, 0.4) is 0 Å². The quantitative estimate of drug-likeness (QED) is 0.704. The maximum atomic E-state index is 3.98. The number of H-pyrrole nitrogens is 2. The van der Waals surface area contributed by atoms with Crippen LogP contribution in [0.2, 0.25) is 0 Å². The lowest BCUT2D eigenvalue weighted by molar-refractivity contribution is 0.574. The Morgan fingerprint density at radius 1 is 1.40 bits per heavy atom. The number of aromatic amines is 2. The van der Waals surface area contributed by atoms with Crippen molar-refractivity contribution < 1.29 is 0 Å². The highest BCUT2D eigenvalue weighted by atomic mass is 15.1. The standard InChI is InChI=1S/C10H15N5/c1-7(10-4-12-13-5-10)11-3-9-6-14-15-8(9)2/h4-7,11H,3H2,1-2H3,(H,12,13)(H,14,15). The smallest absolute Gasteiger partial charge is 0.0535 e. The van der Waals surface area contributed by atoms with E-state index in [1.807, 2.05) is 25.5 Å². The Labute approximate surface area is 88.3 Å². The Bertz CT molecular complexity index is 403. The molecule has 2 heterocycles. The molecule has 0 aliphatic heterocycles. The Morgan fingerprint density at radius 3 is 2.87 bits per heavy atom. The van der Waals surface area contributed by atoms with Crippen molar-refractivity contribution in [2.75, 3.05) is 0 Å². The second-order valence-corrected chi connectivity index (χ2v) is 3.65. The molecule has 0 spiro atoms. The van der Waals surface area contributed by atoms with Gasteiger partial charge in [-0.3, -0.25) is 10.2 Å². The highest BCUT2D eigenvalue weighted by Gasteiger charge is 2.07. The van der Waals surface area contributed by atoms with E-state index in [2.05, 4.69) is 32.6 Å². The summed E-state index contributed by atoms with van der Waals surface area (Å²) in [6.45, 7) is 4.95. The van der Waals surface area contributed by atoms with Gasteiger partial charge in [-0.25, -0.2) is 0 Å². The van der Waals surface area contributed by atoms with E-state index in [0.29, 0.717) is 0 Å². The number of rotatable bonds is 4. The van der Waals surface area contributed by atoms with Gasteiger partial charge in [-0.2, -0.15) is 10.2 Å². The van der Waals surface area contributed by atoms with Gasteiger partial charge in [0.05, 0.1) is 12.4 Å². The number of nitrogens with one attached hydrogen (secondary N) is 3. The molecule has 0 fully saturated rings. The van der Waals surface area contributed by atoms with E-state index in [1.54, 1.807) is 0 Å². The van der Waals surface area contributed by atoms with Gasteiger partial charge >= 0.3 is 0 Å². The molecule has 0 saturated heterocycles. The first-order chi connectivity index (χ1) is 7.27. The lowest BCUT2D eigenvalue weighted by Gasteiger charge is -2.10. The lowest BCUT2D eigenvalue weighted by atomic mass is 10.2. The first-order valence-corrected chi connectivity index (χ1v) is 4.98. The molecule has 0 aromatic carbocycles. The molecule has 0 aliphatic carbocycles. The predicted molar refractivity (Wildman–Crippen MR) is 57.2 cm³/mol. The van der Waals surface area contributed by atoms with Gasteiger partial charge in [-0.05, 0) is 13.8 Å². The fraction of sp³-hybridized carbons (Fsp3) is 0.400. The summed E-state index contributed by atoms with van der Waals surface area (Å²) in [7, 11) is 0. The van der Waals surface area contributed by atoms with Crippen molar-refractivity contribution in [3.63, 3.8) is 0 Å². The minimum atomic E-state index is 0.290. The summed E-state index contributed by atoms with van der Waals surface area (Å²) >= 11 is 0. The molecule has 15 heavy (non-hydrogen) atoms. The van der Waals surface area contributed by atoms with E-state index in [-0.39, 0.29) is 6.04 Å². The maximum Gasteiger partial charge on any atom is 0.0535 e. The Kier molecular flexibility index (Phi) is 2.82. The second kappa shape index (κ2) is 4.27. The molecule has 5 nitrogen and oxygen atoms in total. The van der Waals surface area contributed by atoms with Gasteiger partial charge in [0.2, 0.25) is 0 Å². The number of hydrogen-bond donors (Lipinski definition) is 3. The minimum Gasteiger partial charge on any atom is -0.306 e. The number of aryl methyl sites for hydroxylation is 1. The van der Waals surface area contributed by atoms with Crippen molar-refractivity contribution in [3.05, 3.63) is 35.4 Å². The Hall–Kier alpha value is -1.62. The molecular formula is C10H15N5. The van der Waals surface area contributed by atoms with Crippen LogP contribution in [0.5, 0.6) is 0 Å². The van der Waals surface area contributed by atoms with Gasteiger partial charge in [-0.15, -0.1) is 0 Å². The summed E-state index contributed by atoms with van der Waals surface area (Å²) in [5.41, 5.74) is 3.48. The van der Waals surface area contributed by atoms with E-state index in [9.17, 15) is 0 Å². The van der Waals surface area contributed by atoms with Gasteiger partial charge in [0.25, 0.3) is 0 Å². The zero-order chi connectivity index (χ0) is 10.7. The summed E-state index contributed by atoms with van der Waals surface area (Å²) in [5.74, 6) is 0. The van der Waals surface area contributed by atoms with Crippen LogP contribution in [0, 0.1) is 6.92 Å². The van der Waals surface area contributed by atoms with Crippen LogP contribution in [-0.2, 0) is 6.54 Å². The molecule has 0 aliphatic rings. The molecule has 1 atom stereocenters. The van der Waals surface area contributed by atoms with E-state index < -0.39 is 0 Å². The molecule has 3 N–H and O–H groups in total. The molecule has 0 bridgehead atoms. The van der Waals surface area contributed by atoms with Crippen molar-refractivity contribution in [2.45, 2.75) is 26.4 Å². The van der Waals surface area contributed by atoms with E-state index >= 15 is 0 Å². The summed E-state index contributed by atoms with van der Waals surface area (Å²) in [4.78, 5) is 0. The molecule has 2 rings (SSSR count). The third kappa shape index (κ3) is 2.24.